The minimum absolute atomic E-state index is 0.108. The van der Waals surface area contributed by atoms with E-state index >= 15 is 0 Å². The molecule has 50 heavy (non-hydrogen) atoms. The van der Waals surface area contributed by atoms with Gasteiger partial charge >= 0.3 is 5.97 Å². The van der Waals surface area contributed by atoms with Crippen molar-refractivity contribution in [2.75, 3.05) is 40.4 Å². The number of likely N-dealkylation sites (tertiary alicyclic amines) is 2. The maximum atomic E-state index is 11.7. The van der Waals surface area contributed by atoms with Crippen molar-refractivity contribution in [1.82, 2.24) is 25.1 Å². The summed E-state index contributed by atoms with van der Waals surface area (Å²) >= 11 is 14.3. The Morgan fingerprint density at radius 2 is 1.70 bits per heavy atom. The van der Waals surface area contributed by atoms with Gasteiger partial charge in [-0.1, -0.05) is 65.7 Å². The van der Waals surface area contributed by atoms with Crippen molar-refractivity contribution in [1.29, 1.82) is 0 Å². The lowest BCUT2D eigenvalue weighted by atomic mass is 9.88. The van der Waals surface area contributed by atoms with Gasteiger partial charge < -0.3 is 19.9 Å². The highest BCUT2D eigenvalue weighted by Crippen LogP contribution is 2.48. The lowest BCUT2D eigenvalue weighted by Crippen LogP contribution is -2.66. The second-order valence-corrected chi connectivity index (χ2v) is 14.6. The van der Waals surface area contributed by atoms with Gasteiger partial charge in [0.1, 0.15) is 11.4 Å². The number of aryl methyl sites for hydroxylation is 1. The summed E-state index contributed by atoms with van der Waals surface area (Å²) in [6.45, 7) is 3.25. The standard InChI is InChI=1S/C38H37Cl2N5O5/c1-49-31-14-22(13-21-9-10-30(33(21)31)45-16-23(17-45)37(47)48)24-5-3-6-25(34(24)39)26-7-4-8-27(35(26)40)28-15-41-29(36(42-28)50-2)18-44-19-38(20-44)12-11-32(46)43-38/h3-8,13-15,23,30H,9-12,16-20H2,1-2H3,(H,43,46)(H,47,48)/t30-/m0/s1. The number of carboxylic acids is 1. The zero-order valence-corrected chi connectivity index (χ0v) is 29.4. The normalized spacial score (nSPS) is 19.9. The van der Waals surface area contributed by atoms with Gasteiger partial charge in [0, 0.05) is 73.0 Å². The number of carbonyl (C=O) groups excluding carboxylic acids is 1. The van der Waals surface area contributed by atoms with Gasteiger partial charge in [0.25, 0.3) is 0 Å². The highest BCUT2D eigenvalue weighted by Gasteiger charge is 2.47. The molecule has 3 saturated heterocycles. The number of nitrogens with one attached hydrogen (secondary N) is 1. The molecule has 1 atom stereocenters. The molecule has 3 fully saturated rings. The molecule has 1 aliphatic carbocycles. The van der Waals surface area contributed by atoms with E-state index in [-0.39, 0.29) is 23.4 Å². The Hall–Kier alpha value is -4.22. The van der Waals surface area contributed by atoms with Crippen molar-refractivity contribution in [2.24, 2.45) is 5.92 Å². The zero-order chi connectivity index (χ0) is 34.7. The highest BCUT2D eigenvalue weighted by molar-refractivity contribution is 6.39. The molecule has 12 heteroatoms. The van der Waals surface area contributed by atoms with E-state index in [1.807, 2.05) is 42.5 Å². The summed E-state index contributed by atoms with van der Waals surface area (Å²) in [7, 11) is 3.26. The van der Waals surface area contributed by atoms with Gasteiger partial charge in [0.05, 0.1) is 47.6 Å². The maximum Gasteiger partial charge on any atom is 0.309 e. The molecular weight excluding hydrogens is 677 g/mol. The highest BCUT2D eigenvalue weighted by atomic mass is 35.5. The van der Waals surface area contributed by atoms with Gasteiger partial charge in [-0.3, -0.25) is 24.4 Å². The molecular formula is C38H37Cl2N5O5. The van der Waals surface area contributed by atoms with Crippen molar-refractivity contribution < 1.29 is 24.2 Å². The number of aliphatic carboxylic acids is 1. The van der Waals surface area contributed by atoms with Crippen LogP contribution in [0.25, 0.3) is 33.5 Å². The first-order chi connectivity index (χ1) is 24.2. The summed E-state index contributed by atoms with van der Waals surface area (Å²) in [4.78, 5) is 37.2. The molecule has 10 nitrogen and oxygen atoms in total. The molecule has 1 spiro atoms. The van der Waals surface area contributed by atoms with Crippen molar-refractivity contribution in [3.8, 4) is 45.1 Å². The fraction of sp³-hybridized carbons (Fsp3) is 0.368. The topological polar surface area (TPSA) is 117 Å². The molecule has 0 saturated carbocycles. The summed E-state index contributed by atoms with van der Waals surface area (Å²) < 4.78 is 11.6. The lowest BCUT2D eigenvalue weighted by Gasteiger charge is -2.47. The zero-order valence-electron chi connectivity index (χ0n) is 27.8. The van der Waals surface area contributed by atoms with E-state index in [0.717, 1.165) is 71.6 Å². The summed E-state index contributed by atoms with van der Waals surface area (Å²) in [5.41, 5.74) is 7.61. The van der Waals surface area contributed by atoms with Crippen molar-refractivity contribution >= 4 is 35.1 Å². The van der Waals surface area contributed by atoms with Gasteiger partial charge in [-0.05, 0) is 36.5 Å². The van der Waals surface area contributed by atoms with E-state index in [2.05, 4.69) is 21.2 Å². The number of hydrogen-bond acceptors (Lipinski definition) is 8. The number of methoxy groups -OCH3 is 2. The number of benzene rings is 3. The van der Waals surface area contributed by atoms with E-state index in [9.17, 15) is 14.7 Å². The van der Waals surface area contributed by atoms with Crippen LogP contribution in [0.5, 0.6) is 11.6 Å². The fourth-order valence-corrected chi connectivity index (χ4v) is 8.82. The molecule has 2 N–H and O–H groups in total. The van der Waals surface area contributed by atoms with E-state index in [1.54, 1.807) is 20.4 Å². The number of carboxylic acid groups (broad SMARTS) is 1. The molecule has 258 valence electrons. The predicted octanol–water partition coefficient (Wildman–Crippen LogP) is 6.27. The van der Waals surface area contributed by atoms with Crippen molar-refractivity contribution in [3.05, 3.63) is 81.6 Å². The third kappa shape index (κ3) is 5.68. The summed E-state index contributed by atoms with van der Waals surface area (Å²) in [6.07, 6.45) is 4.97. The van der Waals surface area contributed by atoms with Gasteiger partial charge in [-0.2, -0.15) is 0 Å². The first-order valence-electron chi connectivity index (χ1n) is 16.9. The van der Waals surface area contributed by atoms with Gasteiger partial charge in [0.15, 0.2) is 0 Å². The summed E-state index contributed by atoms with van der Waals surface area (Å²) in [5.74, 6) is 0.301. The molecule has 4 heterocycles. The van der Waals surface area contributed by atoms with Gasteiger partial charge in [0.2, 0.25) is 11.8 Å². The fourth-order valence-electron chi connectivity index (χ4n) is 8.16. The van der Waals surface area contributed by atoms with E-state index < -0.39 is 5.97 Å². The molecule has 1 amide bonds. The summed E-state index contributed by atoms with van der Waals surface area (Å²) in [5, 5.41) is 13.6. The Balaban J connectivity index is 1.06. The quantitative estimate of drug-likeness (QED) is 0.207. The van der Waals surface area contributed by atoms with Crippen LogP contribution in [-0.4, -0.2) is 82.7 Å². The minimum atomic E-state index is -0.735. The van der Waals surface area contributed by atoms with Crippen LogP contribution in [0, 0.1) is 5.92 Å². The van der Waals surface area contributed by atoms with Crippen LogP contribution >= 0.6 is 23.2 Å². The molecule has 0 unspecified atom stereocenters. The Morgan fingerprint density at radius 3 is 2.36 bits per heavy atom. The van der Waals surface area contributed by atoms with Gasteiger partial charge in [-0.15, -0.1) is 0 Å². The third-order valence-electron chi connectivity index (χ3n) is 10.7. The number of fused-ring (bicyclic) bond motifs is 1. The van der Waals surface area contributed by atoms with Crippen LogP contribution in [0.1, 0.15) is 42.1 Å². The monoisotopic (exact) mass is 713 g/mol. The number of ether oxygens (including phenoxy) is 2. The average Bonchev–Trinajstić information content (AvgIpc) is 3.68. The molecule has 8 rings (SSSR count). The second kappa shape index (κ2) is 12.8. The third-order valence-corrected chi connectivity index (χ3v) is 11.5. The number of nitrogens with zero attached hydrogens (tertiary/aromatic N) is 4. The number of hydrogen-bond donors (Lipinski definition) is 2. The Morgan fingerprint density at radius 1 is 1.00 bits per heavy atom. The van der Waals surface area contributed by atoms with E-state index in [0.29, 0.717) is 53.2 Å². The molecule has 3 aromatic carbocycles. The number of carbonyl (C=O) groups is 2. The number of aromatic nitrogens is 2. The van der Waals surface area contributed by atoms with E-state index in [1.165, 1.54) is 5.56 Å². The molecule has 4 aliphatic rings. The summed E-state index contributed by atoms with van der Waals surface area (Å²) in [6, 6.07) is 16.1. The average molecular weight is 715 g/mol. The number of rotatable bonds is 9. The smallest absolute Gasteiger partial charge is 0.309 e. The Bertz CT molecular complexity index is 2030. The Kier molecular flexibility index (Phi) is 8.46. The molecule has 1 aromatic heterocycles. The predicted molar refractivity (Wildman–Crippen MR) is 191 cm³/mol. The van der Waals surface area contributed by atoms with E-state index in [4.69, 9.17) is 42.6 Å². The molecule has 0 bridgehead atoms. The SMILES string of the molecule is COc1cc(-c2cccc(-c3cccc(-c4cnc(CN5CC6(CCC(=O)N6)C5)c(OC)n4)c3Cl)c2Cl)cc2c1[C@@H](N1CC(C(=O)O)C1)CC2. The van der Waals surface area contributed by atoms with Crippen molar-refractivity contribution in [3.63, 3.8) is 0 Å². The number of amides is 1. The minimum Gasteiger partial charge on any atom is -0.496 e. The van der Waals surface area contributed by atoms with Crippen LogP contribution in [0.2, 0.25) is 10.0 Å². The van der Waals surface area contributed by atoms with Crippen LogP contribution < -0.4 is 14.8 Å². The van der Waals surface area contributed by atoms with Crippen LogP contribution in [0.15, 0.2) is 54.7 Å². The van der Waals surface area contributed by atoms with Crippen LogP contribution in [0.4, 0.5) is 0 Å². The molecule has 4 aromatic rings. The first-order valence-corrected chi connectivity index (χ1v) is 17.6. The number of halogens is 2. The lowest BCUT2D eigenvalue weighted by molar-refractivity contribution is -0.148. The van der Waals surface area contributed by atoms with Gasteiger partial charge in [-0.25, -0.2) is 4.98 Å². The van der Waals surface area contributed by atoms with Crippen LogP contribution in [-0.2, 0) is 22.6 Å². The first kappa shape index (κ1) is 33.0. The largest absolute Gasteiger partial charge is 0.496 e. The second-order valence-electron chi connectivity index (χ2n) is 13.8. The van der Waals surface area contributed by atoms with Crippen molar-refractivity contribution in [2.45, 2.75) is 43.8 Å². The Labute approximate surface area is 300 Å². The van der Waals surface area contributed by atoms with Crippen LogP contribution in [0.3, 0.4) is 0 Å². The molecule has 3 aliphatic heterocycles. The maximum absolute atomic E-state index is 11.7. The molecule has 0 radical (unpaired) electrons.